The molecule has 0 aliphatic heterocycles. The molecule has 0 N–H and O–H groups in total. The summed E-state index contributed by atoms with van der Waals surface area (Å²) in [7, 11) is -1.45. The predicted molar refractivity (Wildman–Crippen MR) is 164 cm³/mol. The quantitative estimate of drug-likeness (QED) is 0.160. The molecule has 2 heterocycles. The van der Waals surface area contributed by atoms with Crippen LogP contribution in [0, 0.1) is 13.8 Å². The molecule has 0 fully saturated rings. The number of nitrogens with zero attached hydrogens (tertiary/aromatic N) is 3. The lowest BCUT2D eigenvalue weighted by Crippen LogP contribution is -2.51. The van der Waals surface area contributed by atoms with Gasteiger partial charge in [0.05, 0.1) is 14.6 Å². The van der Waals surface area contributed by atoms with E-state index in [1.807, 2.05) is 0 Å². The largest absolute Gasteiger partial charge is 0.486 e. The molecule has 5 aromatic rings. The molecule has 200 valence electrons. The van der Waals surface area contributed by atoms with Gasteiger partial charge in [-0.05, 0) is 55.8 Å². The molecule has 1 atom stereocenters. The molecule has 5 rings (SSSR count). The monoisotopic (exact) mass is 535 g/mol. The average molecular weight is 536 g/mol. The number of ether oxygens (including phenoxy) is 1. The summed E-state index contributed by atoms with van der Waals surface area (Å²) in [5, 5.41) is 1.51. The molecule has 0 amide bonds. The van der Waals surface area contributed by atoms with Gasteiger partial charge in [-0.15, -0.1) is 0 Å². The van der Waals surface area contributed by atoms with E-state index in [-0.39, 0.29) is 6.04 Å². The molecule has 4 nitrogen and oxygen atoms in total. The number of aryl methyl sites for hydroxylation is 3. The number of imidazole rings is 1. The molecule has 0 aliphatic rings. The van der Waals surface area contributed by atoms with Crippen LogP contribution in [0.1, 0.15) is 31.1 Å². The highest BCUT2D eigenvalue weighted by Gasteiger charge is 2.30. The maximum absolute atomic E-state index is 6.67. The summed E-state index contributed by atoms with van der Waals surface area (Å²) < 4.78 is 13.8. The summed E-state index contributed by atoms with van der Waals surface area (Å²) in [6.07, 6.45) is 2.38. The van der Waals surface area contributed by atoms with Crippen molar-refractivity contribution < 1.29 is 13.9 Å². The van der Waals surface area contributed by atoms with Crippen molar-refractivity contribution in [3.05, 3.63) is 102 Å². The Kier molecular flexibility index (Phi) is 7.46. The average Bonchev–Trinajstić information content (AvgIpc) is 3.26. The molecular weight excluding hydrogens is 494 g/mol. The van der Waals surface area contributed by atoms with Crippen molar-refractivity contribution in [2.45, 2.75) is 59.9 Å². The number of aromatic nitrogens is 3. The Balaban J connectivity index is 1.57. The number of fused-ring (bicyclic) bond motifs is 1. The van der Waals surface area contributed by atoms with Crippen molar-refractivity contribution >= 4 is 24.3 Å². The Morgan fingerprint density at radius 3 is 2.26 bits per heavy atom. The van der Waals surface area contributed by atoms with E-state index in [2.05, 4.69) is 152 Å². The van der Waals surface area contributed by atoms with Crippen LogP contribution in [0.4, 0.5) is 0 Å². The molecule has 0 saturated heterocycles. The molecule has 0 spiro atoms. The van der Waals surface area contributed by atoms with Crippen LogP contribution in [0.2, 0.25) is 19.6 Å². The highest BCUT2D eigenvalue weighted by Crippen LogP contribution is 2.33. The lowest BCUT2D eigenvalue weighted by molar-refractivity contribution is -0.725. The van der Waals surface area contributed by atoms with E-state index in [1.165, 1.54) is 27.5 Å². The maximum Gasteiger partial charge on any atom is 0.298 e. The van der Waals surface area contributed by atoms with Gasteiger partial charge in [0.1, 0.15) is 23.6 Å². The Morgan fingerprint density at radius 1 is 0.872 bits per heavy atom. The van der Waals surface area contributed by atoms with Crippen molar-refractivity contribution in [2.24, 2.45) is 0 Å². The predicted octanol–water partition coefficient (Wildman–Crippen LogP) is 6.69. The smallest absolute Gasteiger partial charge is 0.298 e. The van der Waals surface area contributed by atoms with E-state index < -0.39 is 8.07 Å². The van der Waals surface area contributed by atoms with Gasteiger partial charge in [0, 0.05) is 25.1 Å². The topological polar surface area (TPSA) is 21.9 Å². The summed E-state index contributed by atoms with van der Waals surface area (Å²) in [4.78, 5) is 0. The van der Waals surface area contributed by atoms with Gasteiger partial charge in [-0.3, -0.25) is 0 Å². The lowest BCUT2D eigenvalue weighted by atomic mass is 10.1. The minimum atomic E-state index is -1.45. The van der Waals surface area contributed by atoms with Gasteiger partial charge in [-0.2, -0.15) is 9.13 Å². The fraction of sp³-hybridized carbons (Fsp3) is 0.294. The maximum atomic E-state index is 6.67. The molecule has 0 bridgehead atoms. The minimum absolute atomic E-state index is 0.201. The Morgan fingerprint density at radius 2 is 1.54 bits per heavy atom. The number of hydrogen-bond acceptors (Lipinski definition) is 1. The van der Waals surface area contributed by atoms with E-state index in [4.69, 9.17) is 4.74 Å². The third-order valence-corrected chi connectivity index (χ3v) is 9.77. The molecule has 39 heavy (non-hydrogen) atoms. The van der Waals surface area contributed by atoms with Gasteiger partial charge < -0.3 is 4.74 Å². The van der Waals surface area contributed by atoms with Crippen molar-refractivity contribution in [3.8, 4) is 22.8 Å². The van der Waals surface area contributed by atoms with Crippen molar-refractivity contribution in [2.75, 3.05) is 6.61 Å². The molecule has 0 radical (unpaired) electrons. The number of pyridine rings is 1. The molecular formula is C34H41N3OSi+2. The zero-order chi connectivity index (χ0) is 27.7. The van der Waals surface area contributed by atoms with E-state index in [1.54, 1.807) is 0 Å². The number of benzene rings is 3. The van der Waals surface area contributed by atoms with Gasteiger partial charge in [-0.25, -0.2) is 4.57 Å². The fourth-order valence-electron chi connectivity index (χ4n) is 5.79. The van der Waals surface area contributed by atoms with E-state index in [0.717, 1.165) is 29.4 Å². The number of para-hydroxylation sites is 4. The highest BCUT2D eigenvalue weighted by atomic mass is 28.3. The summed E-state index contributed by atoms with van der Waals surface area (Å²) in [5.74, 6) is 2.04. The van der Waals surface area contributed by atoms with Crippen LogP contribution in [0.15, 0.2) is 91.1 Å². The first kappa shape index (κ1) is 26.9. The normalized spacial score (nSPS) is 12.6. The van der Waals surface area contributed by atoms with Crippen LogP contribution in [-0.2, 0) is 6.54 Å². The van der Waals surface area contributed by atoms with Crippen LogP contribution < -0.4 is 19.1 Å². The zero-order valence-electron chi connectivity index (χ0n) is 24.4. The van der Waals surface area contributed by atoms with Crippen molar-refractivity contribution in [1.82, 2.24) is 4.57 Å². The van der Waals surface area contributed by atoms with Crippen LogP contribution in [-0.4, -0.2) is 19.2 Å². The summed E-state index contributed by atoms with van der Waals surface area (Å²) in [6.45, 7) is 17.6. The van der Waals surface area contributed by atoms with E-state index >= 15 is 0 Å². The number of hydrogen-bond donors (Lipinski definition) is 0. The first-order valence-corrected chi connectivity index (χ1v) is 17.5. The third-order valence-electron chi connectivity index (χ3n) is 7.63. The third kappa shape index (κ3) is 5.16. The van der Waals surface area contributed by atoms with Gasteiger partial charge in [-0.1, -0.05) is 62.1 Å². The first-order valence-electron chi connectivity index (χ1n) is 14.0. The second-order valence-corrected chi connectivity index (χ2v) is 16.6. The van der Waals surface area contributed by atoms with Crippen molar-refractivity contribution in [3.63, 3.8) is 0 Å². The van der Waals surface area contributed by atoms with E-state index in [9.17, 15) is 0 Å². The van der Waals surface area contributed by atoms with Crippen molar-refractivity contribution in [1.29, 1.82) is 0 Å². The van der Waals surface area contributed by atoms with Gasteiger partial charge in [0.2, 0.25) is 0 Å². The molecule has 5 heteroatoms. The summed E-state index contributed by atoms with van der Waals surface area (Å²) in [6, 6.07) is 30.3. The second-order valence-electron chi connectivity index (χ2n) is 11.6. The SMILES string of the molecule is CC[n+]1c(-c2ccccc2OCC(C)[n+]2cc([Si](C)(C)C)c(C)cc2C)n(-c2ccccc2)c2ccccc21. The van der Waals surface area contributed by atoms with Gasteiger partial charge >= 0.3 is 0 Å². The standard InChI is InChI=1S/C34H41N3OSi/c1-8-35-30-19-13-14-20-31(30)37(28-16-10-9-11-17-28)34(35)29-18-12-15-21-32(29)38-24-27(4)36-23-33(39(5,6)7)25(2)22-26(36)3/h9-23,27H,8,24H2,1-7H3/q+2. The minimum Gasteiger partial charge on any atom is -0.486 e. The molecule has 2 aromatic heterocycles. The molecule has 1 unspecified atom stereocenters. The molecule has 0 aliphatic carbocycles. The Labute approximate surface area is 234 Å². The lowest BCUT2D eigenvalue weighted by Gasteiger charge is -2.20. The van der Waals surface area contributed by atoms with Crippen LogP contribution in [0.3, 0.4) is 0 Å². The van der Waals surface area contributed by atoms with Crippen LogP contribution in [0.25, 0.3) is 28.1 Å². The zero-order valence-corrected chi connectivity index (χ0v) is 25.4. The second kappa shape index (κ2) is 10.8. The molecule has 0 saturated carbocycles. The number of rotatable bonds is 8. The van der Waals surface area contributed by atoms with E-state index in [0.29, 0.717) is 6.61 Å². The summed E-state index contributed by atoms with van der Waals surface area (Å²) in [5.41, 5.74) is 7.31. The van der Waals surface area contributed by atoms with Crippen LogP contribution >= 0.6 is 0 Å². The van der Waals surface area contributed by atoms with Gasteiger partial charge in [0.25, 0.3) is 5.82 Å². The van der Waals surface area contributed by atoms with Gasteiger partial charge in [0.15, 0.2) is 29.0 Å². The molecule has 3 aromatic carbocycles. The summed E-state index contributed by atoms with van der Waals surface area (Å²) >= 11 is 0. The highest BCUT2D eigenvalue weighted by molar-refractivity contribution is 6.88. The first-order chi connectivity index (χ1) is 18.7. The fourth-order valence-corrected chi connectivity index (χ4v) is 7.57. The Bertz CT molecular complexity index is 1620. The Hall–Kier alpha value is -3.70. The van der Waals surface area contributed by atoms with Crippen LogP contribution in [0.5, 0.6) is 5.75 Å².